The maximum atomic E-state index is 6.25. The van der Waals surface area contributed by atoms with Crippen molar-refractivity contribution in [3.8, 4) is 0 Å². The predicted octanol–water partition coefficient (Wildman–Crippen LogP) is 3.27. The Morgan fingerprint density at radius 1 is 1.38 bits per heavy atom. The third-order valence-corrected chi connectivity index (χ3v) is 3.60. The minimum absolute atomic E-state index is 0.182. The average molecular weight is 225 g/mol. The minimum Gasteiger partial charge on any atom is -0.377 e. The first-order valence-corrected chi connectivity index (χ1v) is 6.77. The molecular formula is C14H27NO. The van der Waals surface area contributed by atoms with Crippen LogP contribution in [-0.2, 0) is 4.74 Å². The van der Waals surface area contributed by atoms with E-state index in [1.54, 1.807) is 0 Å². The Hall–Kier alpha value is -0.340. The fraction of sp³-hybridized carbons (Fsp3) is 0.857. The summed E-state index contributed by atoms with van der Waals surface area (Å²) in [5.74, 6) is 0.688. The molecule has 94 valence electrons. The number of ether oxygens (including phenoxy) is 1. The van der Waals surface area contributed by atoms with Gasteiger partial charge in [0.15, 0.2) is 0 Å². The van der Waals surface area contributed by atoms with Crippen molar-refractivity contribution >= 4 is 0 Å². The molecule has 2 atom stereocenters. The lowest BCUT2D eigenvalue weighted by molar-refractivity contribution is -0.0106. The molecule has 0 aromatic carbocycles. The van der Waals surface area contributed by atoms with Gasteiger partial charge in [-0.15, -0.1) is 6.58 Å². The molecule has 1 rings (SSSR count). The highest BCUT2D eigenvalue weighted by Crippen LogP contribution is 2.30. The van der Waals surface area contributed by atoms with Crippen molar-refractivity contribution in [1.82, 2.24) is 0 Å². The van der Waals surface area contributed by atoms with Crippen molar-refractivity contribution in [2.75, 3.05) is 6.61 Å². The Balaban J connectivity index is 2.46. The fourth-order valence-electron chi connectivity index (χ4n) is 2.74. The molecule has 2 unspecified atom stereocenters. The Labute approximate surface area is 100 Å². The number of hydrogen-bond acceptors (Lipinski definition) is 2. The highest BCUT2D eigenvalue weighted by Gasteiger charge is 2.28. The van der Waals surface area contributed by atoms with Crippen molar-refractivity contribution in [3.63, 3.8) is 0 Å². The molecule has 16 heavy (non-hydrogen) atoms. The van der Waals surface area contributed by atoms with E-state index in [4.69, 9.17) is 10.5 Å². The van der Waals surface area contributed by atoms with E-state index in [0.717, 1.165) is 19.4 Å². The van der Waals surface area contributed by atoms with Gasteiger partial charge in [-0.05, 0) is 38.5 Å². The second kappa shape index (κ2) is 7.86. The fourth-order valence-corrected chi connectivity index (χ4v) is 2.74. The van der Waals surface area contributed by atoms with Crippen LogP contribution in [0.15, 0.2) is 12.7 Å². The molecule has 0 aromatic rings. The highest BCUT2D eigenvalue weighted by atomic mass is 16.5. The topological polar surface area (TPSA) is 35.2 Å². The van der Waals surface area contributed by atoms with Gasteiger partial charge in [-0.1, -0.05) is 25.3 Å². The first-order chi connectivity index (χ1) is 7.79. The molecule has 0 spiro atoms. The highest BCUT2D eigenvalue weighted by molar-refractivity contribution is 4.84. The van der Waals surface area contributed by atoms with E-state index in [-0.39, 0.29) is 12.1 Å². The summed E-state index contributed by atoms with van der Waals surface area (Å²) in [5, 5.41) is 0. The summed E-state index contributed by atoms with van der Waals surface area (Å²) in [7, 11) is 0. The van der Waals surface area contributed by atoms with Gasteiger partial charge in [-0.3, -0.25) is 0 Å². The zero-order chi connectivity index (χ0) is 11.8. The third kappa shape index (κ3) is 4.26. The number of allylic oxidation sites excluding steroid dienone is 1. The molecule has 2 N–H and O–H groups in total. The molecular weight excluding hydrogens is 198 g/mol. The van der Waals surface area contributed by atoms with Crippen LogP contribution in [-0.4, -0.2) is 18.8 Å². The van der Waals surface area contributed by atoms with E-state index >= 15 is 0 Å². The van der Waals surface area contributed by atoms with E-state index in [1.807, 2.05) is 6.08 Å². The Morgan fingerprint density at radius 2 is 2.06 bits per heavy atom. The molecule has 0 radical (unpaired) electrons. The zero-order valence-electron chi connectivity index (χ0n) is 10.7. The third-order valence-electron chi connectivity index (χ3n) is 3.60. The average Bonchev–Trinajstić information content (AvgIpc) is 2.34. The van der Waals surface area contributed by atoms with E-state index in [2.05, 4.69) is 13.5 Å². The molecule has 0 aliphatic heterocycles. The van der Waals surface area contributed by atoms with Crippen LogP contribution in [0.5, 0.6) is 0 Å². The molecule has 2 nitrogen and oxygen atoms in total. The van der Waals surface area contributed by atoms with E-state index in [1.165, 1.54) is 32.1 Å². The lowest BCUT2D eigenvalue weighted by Crippen LogP contribution is -2.42. The number of nitrogens with two attached hydrogens (primary N) is 1. The van der Waals surface area contributed by atoms with Crippen molar-refractivity contribution in [2.45, 2.75) is 64.0 Å². The van der Waals surface area contributed by atoms with Crippen molar-refractivity contribution in [1.29, 1.82) is 0 Å². The lowest BCUT2D eigenvalue weighted by Gasteiger charge is -2.33. The van der Waals surface area contributed by atoms with Gasteiger partial charge in [0.1, 0.15) is 0 Å². The van der Waals surface area contributed by atoms with Crippen molar-refractivity contribution in [3.05, 3.63) is 12.7 Å². The Kier molecular flexibility index (Phi) is 6.74. The lowest BCUT2D eigenvalue weighted by atomic mass is 9.82. The monoisotopic (exact) mass is 225 g/mol. The number of hydrogen-bond donors (Lipinski definition) is 1. The van der Waals surface area contributed by atoms with Gasteiger partial charge in [0.2, 0.25) is 0 Å². The quantitative estimate of drug-likeness (QED) is 0.675. The summed E-state index contributed by atoms with van der Waals surface area (Å²) in [5.41, 5.74) is 6.25. The van der Waals surface area contributed by atoms with E-state index < -0.39 is 0 Å². The molecule has 1 aliphatic rings. The van der Waals surface area contributed by atoms with Gasteiger partial charge in [0, 0.05) is 12.6 Å². The predicted molar refractivity (Wildman–Crippen MR) is 69.4 cm³/mol. The largest absolute Gasteiger partial charge is 0.377 e. The molecule has 0 saturated heterocycles. The summed E-state index contributed by atoms with van der Waals surface area (Å²) in [6.45, 7) is 6.60. The van der Waals surface area contributed by atoms with Gasteiger partial charge < -0.3 is 10.5 Å². The van der Waals surface area contributed by atoms with Crippen LogP contribution in [0.2, 0.25) is 0 Å². The molecule has 0 aromatic heterocycles. The number of rotatable bonds is 7. The van der Waals surface area contributed by atoms with Crippen LogP contribution >= 0.6 is 0 Å². The van der Waals surface area contributed by atoms with Crippen LogP contribution in [0.1, 0.15) is 51.9 Å². The van der Waals surface area contributed by atoms with E-state index in [0.29, 0.717) is 5.92 Å². The smallest absolute Gasteiger partial charge is 0.0753 e. The summed E-state index contributed by atoms with van der Waals surface area (Å²) in [6.07, 6.45) is 10.9. The summed E-state index contributed by atoms with van der Waals surface area (Å²) < 4.78 is 5.88. The minimum atomic E-state index is 0.182. The van der Waals surface area contributed by atoms with Gasteiger partial charge >= 0.3 is 0 Å². The maximum absolute atomic E-state index is 6.25. The Bertz CT molecular complexity index is 187. The van der Waals surface area contributed by atoms with E-state index in [9.17, 15) is 0 Å². The van der Waals surface area contributed by atoms with Gasteiger partial charge in [-0.25, -0.2) is 0 Å². The van der Waals surface area contributed by atoms with Gasteiger partial charge in [0.05, 0.1) is 6.10 Å². The van der Waals surface area contributed by atoms with Crippen LogP contribution in [0, 0.1) is 5.92 Å². The standard InChI is InChI=1S/C14H27NO/c1-3-5-11-13(15)14(16-4-2)12-9-7-6-8-10-12/h3,12-14H,1,4-11,15H2,2H3. The summed E-state index contributed by atoms with van der Waals surface area (Å²) >= 11 is 0. The second-order valence-electron chi connectivity index (χ2n) is 4.85. The molecule has 1 saturated carbocycles. The van der Waals surface area contributed by atoms with Crippen LogP contribution < -0.4 is 5.73 Å². The normalized spacial score (nSPS) is 21.6. The molecule has 0 amide bonds. The van der Waals surface area contributed by atoms with Crippen LogP contribution in [0.25, 0.3) is 0 Å². The van der Waals surface area contributed by atoms with Gasteiger partial charge in [-0.2, -0.15) is 0 Å². The molecule has 1 aliphatic carbocycles. The molecule has 0 heterocycles. The second-order valence-corrected chi connectivity index (χ2v) is 4.85. The molecule has 2 heteroatoms. The first-order valence-electron chi connectivity index (χ1n) is 6.77. The van der Waals surface area contributed by atoms with Crippen molar-refractivity contribution in [2.24, 2.45) is 11.7 Å². The van der Waals surface area contributed by atoms with Crippen molar-refractivity contribution < 1.29 is 4.74 Å². The molecule has 1 fully saturated rings. The maximum Gasteiger partial charge on any atom is 0.0753 e. The zero-order valence-corrected chi connectivity index (χ0v) is 10.7. The SMILES string of the molecule is C=CCCC(N)C(OCC)C1CCCCC1. The summed E-state index contributed by atoms with van der Waals surface area (Å²) in [4.78, 5) is 0. The first kappa shape index (κ1) is 13.7. The van der Waals surface area contributed by atoms with Gasteiger partial charge in [0.25, 0.3) is 0 Å². The Morgan fingerprint density at radius 3 is 2.62 bits per heavy atom. The summed E-state index contributed by atoms with van der Waals surface area (Å²) in [6, 6.07) is 0.182. The molecule has 0 bridgehead atoms. The van der Waals surface area contributed by atoms with Crippen LogP contribution in [0.4, 0.5) is 0 Å². The van der Waals surface area contributed by atoms with Crippen LogP contribution in [0.3, 0.4) is 0 Å².